The van der Waals surface area contributed by atoms with Crippen molar-refractivity contribution in [2.24, 2.45) is 0 Å². The van der Waals surface area contributed by atoms with Crippen LogP contribution in [-0.4, -0.2) is 42.5 Å². The number of hydrogen-bond donors (Lipinski definition) is 0. The zero-order valence-corrected chi connectivity index (χ0v) is 14.7. The highest BCUT2D eigenvalue weighted by molar-refractivity contribution is 5.68. The van der Waals surface area contributed by atoms with E-state index in [0.717, 1.165) is 18.4 Å². The van der Waals surface area contributed by atoms with Crippen molar-refractivity contribution in [3.05, 3.63) is 29.8 Å². The van der Waals surface area contributed by atoms with Gasteiger partial charge in [0.2, 0.25) is 0 Å². The average Bonchev–Trinajstić information content (AvgIpc) is 2.51. The molecule has 1 aromatic carbocycles. The van der Waals surface area contributed by atoms with Crippen molar-refractivity contribution in [1.29, 1.82) is 0 Å². The molecule has 1 aromatic rings. The minimum Gasteiger partial charge on any atom is -0.484 e. The lowest BCUT2D eigenvalue weighted by atomic mass is 9.89. The molecule has 0 unspecified atom stereocenters. The summed E-state index contributed by atoms with van der Waals surface area (Å²) < 4.78 is 46.5. The lowest BCUT2D eigenvalue weighted by Gasteiger charge is -2.33. The molecule has 1 amide bonds. The molecule has 1 aliphatic rings. The summed E-state index contributed by atoms with van der Waals surface area (Å²) in [6.07, 6.45) is -3.06. The maximum absolute atomic E-state index is 12.1. The third-order valence-electron chi connectivity index (χ3n) is 3.90. The Morgan fingerprint density at radius 3 is 2.16 bits per heavy atom. The van der Waals surface area contributed by atoms with Gasteiger partial charge in [0, 0.05) is 13.1 Å². The number of nitrogens with zero attached hydrogens (tertiary/aromatic N) is 1. The van der Waals surface area contributed by atoms with Gasteiger partial charge in [0.05, 0.1) is 0 Å². The van der Waals surface area contributed by atoms with Crippen LogP contribution in [-0.2, 0) is 4.74 Å². The predicted molar refractivity (Wildman–Crippen MR) is 87.8 cm³/mol. The topological polar surface area (TPSA) is 38.8 Å². The number of benzene rings is 1. The zero-order valence-electron chi connectivity index (χ0n) is 14.7. The average molecular weight is 359 g/mol. The van der Waals surface area contributed by atoms with Crippen molar-refractivity contribution in [2.75, 3.05) is 19.7 Å². The van der Waals surface area contributed by atoms with E-state index >= 15 is 0 Å². The number of alkyl halides is 3. The monoisotopic (exact) mass is 359 g/mol. The predicted octanol–water partition coefficient (Wildman–Crippen LogP) is 4.74. The first-order chi connectivity index (χ1) is 11.5. The van der Waals surface area contributed by atoms with Gasteiger partial charge >= 0.3 is 12.3 Å². The first-order valence-electron chi connectivity index (χ1n) is 8.31. The number of carbonyl (C=O) groups is 1. The van der Waals surface area contributed by atoms with Crippen molar-refractivity contribution in [3.8, 4) is 5.75 Å². The van der Waals surface area contributed by atoms with E-state index in [-0.39, 0.29) is 17.8 Å². The number of carbonyl (C=O) groups excluding carboxylic acids is 1. The fourth-order valence-corrected chi connectivity index (χ4v) is 2.72. The molecule has 1 aliphatic heterocycles. The van der Waals surface area contributed by atoms with Crippen LogP contribution in [0, 0.1) is 0 Å². The van der Waals surface area contributed by atoms with Crippen LogP contribution in [0.25, 0.3) is 0 Å². The van der Waals surface area contributed by atoms with Crippen LogP contribution >= 0.6 is 0 Å². The van der Waals surface area contributed by atoms with E-state index in [1.807, 2.05) is 20.8 Å². The van der Waals surface area contributed by atoms with Gasteiger partial charge in [-0.3, -0.25) is 0 Å². The normalized spacial score (nSPS) is 16.6. The highest BCUT2D eigenvalue weighted by atomic mass is 19.4. The third kappa shape index (κ3) is 6.48. The Morgan fingerprint density at radius 1 is 1.12 bits per heavy atom. The van der Waals surface area contributed by atoms with Crippen LogP contribution in [0.1, 0.15) is 45.1 Å². The number of rotatable bonds is 3. The van der Waals surface area contributed by atoms with Gasteiger partial charge in [0.15, 0.2) is 6.61 Å². The summed E-state index contributed by atoms with van der Waals surface area (Å²) in [7, 11) is 0. The number of piperidine rings is 1. The Bertz CT molecular complexity index is 571. The van der Waals surface area contributed by atoms with Gasteiger partial charge in [0.25, 0.3) is 0 Å². The van der Waals surface area contributed by atoms with Gasteiger partial charge in [-0.1, -0.05) is 12.1 Å². The molecular formula is C18H24F3NO3. The molecule has 7 heteroatoms. The lowest BCUT2D eigenvalue weighted by Crippen LogP contribution is -2.41. The summed E-state index contributed by atoms with van der Waals surface area (Å²) in [6, 6.07) is 6.70. The van der Waals surface area contributed by atoms with Crippen LogP contribution < -0.4 is 4.74 Å². The van der Waals surface area contributed by atoms with Gasteiger partial charge in [0.1, 0.15) is 11.4 Å². The van der Waals surface area contributed by atoms with E-state index in [0.29, 0.717) is 13.1 Å². The quantitative estimate of drug-likeness (QED) is 0.782. The summed E-state index contributed by atoms with van der Waals surface area (Å²) in [5, 5.41) is 0. The molecule has 1 fully saturated rings. The van der Waals surface area contributed by atoms with E-state index in [9.17, 15) is 18.0 Å². The molecule has 2 rings (SSSR count). The van der Waals surface area contributed by atoms with Gasteiger partial charge in [-0.15, -0.1) is 0 Å². The van der Waals surface area contributed by atoms with Gasteiger partial charge in [-0.25, -0.2) is 4.79 Å². The van der Waals surface area contributed by atoms with Crippen LogP contribution in [0.15, 0.2) is 24.3 Å². The minimum absolute atomic E-state index is 0.201. The Hall–Kier alpha value is -1.92. The summed E-state index contributed by atoms with van der Waals surface area (Å²) in [4.78, 5) is 13.7. The van der Waals surface area contributed by atoms with Gasteiger partial charge in [-0.2, -0.15) is 13.2 Å². The lowest BCUT2D eigenvalue weighted by molar-refractivity contribution is -0.153. The first-order valence-corrected chi connectivity index (χ1v) is 8.31. The number of likely N-dealkylation sites (tertiary alicyclic amines) is 1. The fraction of sp³-hybridized carbons (Fsp3) is 0.611. The summed E-state index contributed by atoms with van der Waals surface area (Å²) >= 11 is 0. The molecule has 0 aliphatic carbocycles. The molecule has 0 N–H and O–H groups in total. The molecule has 0 aromatic heterocycles. The number of halogens is 3. The highest BCUT2D eigenvalue weighted by Crippen LogP contribution is 2.30. The molecule has 1 heterocycles. The molecule has 140 valence electrons. The van der Waals surface area contributed by atoms with Crippen LogP contribution in [0.4, 0.5) is 18.0 Å². The van der Waals surface area contributed by atoms with Crippen LogP contribution in [0.3, 0.4) is 0 Å². The molecule has 25 heavy (non-hydrogen) atoms. The molecule has 0 atom stereocenters. The van der Waals surface area contributed by atoms with E-state index in [4.69, 9.17) is 9.47 Å². The Morgan fingerprint density at radius 2 is 1.68 bits per heavy atom. The van der Waals surface area contributed by atoms with Crippen molar-refractivity contribution in [3.63, 3.8) is 0 Å². The SMILES string of the molecule is CC(C)(C)OC(=O)N1CCC(c2ccc(OCC(F)(F)F)cc2)CC1. The third-order valence-corrected chi connectivity index (χ3v) is 3.90. The van der Waals surface area contributed by atoms with Gasteiger partial charge in [-0.05, 0) is 57.2 Å². The minimum atomic E-state index is -4.34. The molecule has 1 saturated heterocycles. The van der Waals surface area contributed by atoms with Crippen molar-refractivity contribution in [1.82, 2.24) is 4.90 Å². The van der Waals surface area contributed by atoms with Crippen molar-refractivity contribution >= 4 is 6.09 Å². The molecule has 4 nitrogen and oxygen atoms in total. The summed E-state index contributed by atoms with van der Waals surface area (Å²) in [5.41, 5.74) is 0.531. The second-order valence-electron chi connectivity index (χ2n) is 7.21. The molecule has 0 bridgehead atoms. The smallest absolute Gasteiger partial charge is 0.422 e. The fourth-order valence-electron chi connectivity index (χ4n) is 2.72. The van der Waals surface area contributed by atoms with Crippen molar-refractivity contribution in [2.45, 2.75) is 51.3 Å². The molecule has 0 spiro atoms. The van der Waals surface area contributed by atoms with E-state index < -0.39 is 18.4 Å². The highest BCUT2D eigenvalue weighted by Gasteiger charge is 2.29. The van der Waals surface area contributed by atoms with Crippen LogP contribution in [0.5, 0.6) is 5.75 Å². The van der Waals surface area contributed by atoms with Gasteiger partial charge < -0.3 is 14.4 Å². The van der Waals surface area contributed by atoms with Crippen LogP contribution in [0.2, 0.25) is 0 Å². The summed E-state index contributed by atoms with van der Waals surface area (Å²) in [6.45, 7) is 5.42. The zero-order chi connectivity index (χ0) is 18.7. The summed E-state index contributed by atoms with van der Waals surface area (Å²) in [5.74, 6) is 0.475. The maximum atomic E-state index is 12.1. The largest absolute Gasteiger partial charge is 0.484 e. The van der Waals surface area contributed by atoms with E-state index in [2.05, 4.69) is 0 Å². The maximum Gasteiger partial charge on any atom is 0.422 e. The van der Waals surface area contributed by atoms with Crippen molar-refractivity contribution < 1.29 is 27.4 Å². The Balaban J connectivity index is 1.85. The van der Waals surface area contributed by atoms with E-state index in [1.165, 1.54) is 0 Å². The second kappa shape index (κ2) is 7.54. The Labute approximate surface area is 145 Å². The van der Waals surface area contributed by atoms with E-state index in [1.54, 1.807) is 29.2 Å². The standard InChI is InChI=1S/C18H24F3NO3/c1-17(2,3)25-16(23)22-10-8-14(9-11-22)13-4-6-15(7-5-13)24-12-18(19,20)21/h4-7,14H,8-12H2,1-3H3. The number of amides is 1. The molecule has 0 saturated carbocycles. The molecular weight excluding hydrogens is 335 g/mol. The first kappa shape index (κ1) is 19.4. The Kier molecular flexibility index (Phi) is 5.85. The molecule has 0 radical (unpaired) electrons. The second-order valence-corrected chi connectivity index (χ2v) is 7.21. The number of hydrogen-bond acceptors (Lipinski definition) is 3. The number of ether oxygens (including phenoxy) is 2.